The quantitative estimate of drug-likeness (QED) is 0.493. The summed E-state index contributed by atoms with van der Waals surface area (Å²) in [5.41, 5.74) is 1.42. The lowest BCUT2D eigenvalue weighted by Crippen LogP contribution is -2.12. The Morgan fingerprint density at radius 1 is 1.04 bits per heavy atom. The summed E-state index contributed by atoms with van der Waals surface area (Å²) < 4.78 is 4.59. The standard InChI is InChI=1S/C17H17NO6/c1-24-17(23)11-3-5-12(6-4-11)18-15(21)7-2-10-8-13(19)16(22)14(20)9-10/h3-6,8-9,19-20,22H,2,7H2,1H3,(H,18,21). The van der Waals surface area contributed by atoms with Crippen molar-refractivity contribution in [3.8, 4) is 17.2 Å². The Hall–Kier alpha value is -3.22. The van der Waals surface area contributed by atoms with Crippen LogP contribution in [-0.2, 0) is 16.0 Å². The zero-order chi connectivity index (χ0) is 17.7. The maximum absolute atomic E-state index is 11.9. The van der Waals surface area contributed by atoms with Crippen LogP contribution >= 0.6 is 0 Å². The molecule has 0 radical (unpaired) electrons. The predicted molar refractivity (Wildman–Crippen MR) is 86.2 cm³/mol. The van der Waals surface area contributed by atoms with Crippen molar-refractivity contribution in [2.24, 2.45) is 0 Å². The van der Waals surface area contributed by atoms with Gasteiger partial charge in [-0.15, -0.1) is 0 Å². The van der Waals surface area contributed by atoms with Crippen molar-refractivity contribution in [1.29, 1.82) is 0 Å². The van der Waals surface area contributed by atoms with Crippen LogP contribution in [0.25, 0.3) is 0 Å². The first kappa shape index (κ1) is 17.1. The van der Waals surface area contributed by atoms with Gasteiger partial charge in [0.05, 0.1) is 12.7 Å². The molecule has 0 aliphatic rings. The number of hydrogen-bond acceptors (Lipinski definition) is 6. The van der Waals surface area contributed by atoms with Gasteiger partial charge in [-0.25, -0.2) is 4.79 Å². The molecule has 0 atom stereocenters. The third-order valence-electron chi connectivity index (χ3n) is 3.36. The van der Waals surface area contributed by atoms with E-state index in [-0.39, 0.29) is 18.7 Å². The highest BCUT2D eigenvalue weighted by atomic mass is 16.5. The molecule has 0 unspecified atom stereocenters. The van der Waals surface area contributed by atoms with E-state index < -0.39 is 23.2 Å². The zero-order valence-corrected chi connectivity index (χ0v) is 12.9. The molecule has 0 saturated carbocycles. The van der Waals surface area contributed by atoms with E-state index >= 15 is 0 Å². The monoisotopic (exact) mass is 331 g/mol. The van der Waals surface area contributed by atoms with Crippen molar-refractivity contribution >= 4 is 17.6 Å². The third kappa shape index (κ3) is 4.16. The highest BCUT2D eigenvalue weighted by molar-refractivity contribution is 5.93. The van der Waals surface area contributed by atoms with E-state index in [2.05, 4.69) is 10.1 Å². The SMILES string of the molecule is COC(=O)c1ccc(NC(=O)CCc2cc(O)c(O)c(O)c2)cc1. The summed E-state index contributed by atoms with van der Waals surface area (Å²) in [5.74, 6) is -2.20. The Kier molecular flexibility index (Phi) is 5.26. The number of aromatic hydroxyl groups is 3. The molecule has 0 bridgehead atoms. The van der Waals surface area contributed by atoms with Crippen molar-refractivity contribution in [2.45, 2.75) is 12.8 Å². The van der Waals surface area contributed by atoms with Gasteiger partial charge in [0.1, 0.15) is 0 Å². The minimum Gasteiger partial charge on any atom is -0.504 e. The van der Waals surface area contributed by atoms with Gasteiger partial charge in [0.15, 0.2) is 17.2 Å². The van der Waals surface area contributed by atoms with Gasteiger partial charge >= 0.3 is 5.97 Å². The van der Waals surface area contributed by atoms with E-state index in [1.54, 1.807) is 12.1 Å². The van der Waals surface area contributed by atoms with Crippen molar-refractivity contribution in [3.63, 3.8) is 0 Å². The molecule has 126 valence electrons. The number of anilines is 1. The Balaban J connectivity index is 1.93. The number of ether oxygens (including phenoxy) is 1. The van der Waals surface area contributed by atoms with Gasteiger partial charge in [-0.05, 0) is 48.4 Å². The van der Waals surface area contributed by atoms with Gasteiger partial charge in [-0.2, -0.15) is 0 Å². The molecule has 2 aromatic rings. The molecule has 0 fully saturated rings. The van der Waals surface area contributed by atoms with E-state index in [1.807, 2.05) is 0 Å². The number of esters is 1. The van der Waals surface area contributed by atoms with Gasteiger partial charge in [0.25, 0.3) is 0 Å². The Morgan fingerprint density at radius 3 is 2.17 bits per heavy atom. The summed E-state index contributed by atoms with van der Waals surface area (Å²) >= 11 is 0. The van der Waals surface area contributed by atoms with Gasteiger partial charge in [-0.1, -0.05) is 0 Å². The first-order valence-corrected chi connectivity index (χ1v) is 7.12. The van der Waals surface area contributed by atoms with Crippen LogP contribution in [0.3, 0.4) is 0 Å². The molecule has 0 aliphatic heterocycles. The minimum atomic E-state index is -0.589. The van der Waals surface area contributed by atoms with Crippen LogP contribution in [0.4, 0.5) is 5.69 Å². The lowest BCUT2D eigenvalue weighted by Gasteiger charge is -2.08. The number of carbonyl (C=O) groups is 2. The molecule has 2 rings (SSSR count). The van der Waals surface area contributed by atoms with Crippen LogP contribution < -0.4 is 5.32 Å². The molecular weight excluding hydrogens is 314 g/mol. The van der Waals surface area contributed by atoms with E-state index in [0.29, 0.717) is 16.8 Å². The average Bonchev–Trinajstić information content (AvgIpc) is 2.57. The Labute approximate surface area is 138 Å². The van der Waals surface area contributed by atoms with E-state index in [1.165, 1.54) is 31.4 Å². The fourth-order valence-corrected chi connectivity index (χ4v) is 2.09. The number of phenolic OH excluding ortho intramolecular Hbond substituents is 3. The third-order valence-corrected chi connectivity index (χ3v) is 3.36. The molecule has 0 heterocycles. The number of nitrogens with one attached hydrogen (secondary N) is 1. The fraction of sp³-hybridized carbons (Fsp3) is 0.176. The number of phenols is 3. The van der Waals surface area contributed by atoms with E-state index in [0.717, 1.165) is 0 Å². The number of amides is 1. The summed E-state index contributed by atoms with van der Waals surface area (Å²) in [5, 5.41) is 30.8. The lowest BCUT2D eigenvalue weighted by molar-refractivity contribution is -0.116. The van der Waals surface area contributed by atoms with Crippen molar-refractivity contribution in [2.75, 3.05) is 12.4 Å². The van der Waals surface area contributed by atoms with Gasteiger partial charge in [0, 0.05) is 12.1 Å². The molecule has 0 aromatic heterocycles. The summed E-state index contributed by atoms with van der Waals surface area (Å²) in [4.78, 5) is 23.2. The van der Waals surface area contributed by atoms with Crippen molar-refractivity contribution in [3.05, 3.63) is 47.5 Å². The number of hydrogen-bond donors (Lipinski definition) is 4. The van der Waals surface area contributed by atoms with Crippen LogP contribution in [0.1, 0.15) is 22.3 Å². The predicted octanol–water partition coefficient (Wildman–Crippen LogP) is 2.16. The molecule has 0 saturated heterocycles. The largest absolute Gasteiger partial charge is 0.504 e. The first-order chi connectivity index (χ1) is 11.4. The number of methoxy groups -OCH3 is 1. The Bertz CT molecular complexity index is 731. The van der Waals surface area contributed by atoms with Gasteiger partial charge in [-0.3, -0.25) is 4.79 Å². The molecule has 7 heteroatoms. The summed E-state index contributed by atoms with van der Waals surface area (Å²) in [6.07, 6.45) is 0.385. The molecule has 0 spiro atoms. The second kappa shape index (κ2) is 7.36. The molecule has 4 N–H and O–H groups in total. The van der Waals surface area contributed by atoms with Crippen molar-refractivity contribution < 1.29 is 29.6 Å². The summed E-state index contributed by atoms with van der Waals surface area (Å²) in [6.45, 7) is 0. The highest BCUT2D eigenvalue weighted by Gasteiger charge is 2.10. The maximum Gasteiger partial charge on any atom is 0.337 e. The molecule has 1 amide bonds. The number of benzene rings is 2. The normalized spacial score (nSPS) is 10.2. The van der Waals surface area contributed by atoms with Crippen LogP contribution in [0.2, 0.25) is 0 Å². The van der Waals surface area contributed by atoms with Crippen LogP contribution in [0.15, 0.2) is 36.4 Å². The average molecular weight is 331 g/mol. The van der Waals surface area contributed by atoms with Crippen LogP contribution in [0.5, 0.6) is 17.2 Å². The summed E-state index contributed by atoms with van der Waals surface area (Å²) in [6, 6.07) is 8.82. The van der Waals surface area contributed by atoms with E-state index in [4.69, 9.17) is 0 Å². The smallest absolute Gasteiger partial charge is 0.337 e. The second-order valence-electron chi connectivity index (χ2n) is 5.10. The van der Waals surface area contributed by atoms with Crippen molar-refractivity contribution in [1.82, 2.24) is 0 Å². The van der Waals surface area contributed by atoms with Crippen LogP contribution in [0, 0.1) is 0 Å². The molecule has 0 aliphatic carbocycles. The molecular formula is C17H17NO6. The summed E-state index contributed by atoms with van der Waals surface area (Å²) in [7, 11) is 1.29. The van der Waals surface area contributed by atoms with Gasteiger partial charge in [0.2, 0.25) is 5.91 Å². The molecule has 2 aromatic carbocycles. The molecule has 24 heavy (non-hydrogen) atoms. The highest BCUT2D eigenvalue weighted by Crippen LogP contribution is 2.35. The maximum atomic E-state index is 11.9. The minimum absolute atomic E-state index is 0.114. The van der Waals surface area contributed by atoms with Crippen LogP contribution in [-0.4, -0.2) is 34.3 Å². The second-order valence-corrected chi connectivity index (χ2v) is 5.10. The first-order valence-electron chi connectivity index (χ1n) is 7.12. The lowest BCUT2D eigenvalue weighted by atomic mass is 10.1. The Morgan fingerprint density at radius 2 is 1.62 bits per heavy atom. The van der Waals surface area contributed by atoms with E-state index in [9.17, 15) is 24.9 Å². The molecule has 7 nitrogen and oxygen atoms in total. The number of rotatable bonds is 5. The van der Waals surface area contributed by atoms with Gasteiger partial charge < -0.3 is 25.4 Å². The number of aryl methyl sites for hydroxylation is 1. The topological polar surface area (TPSA) is 116 Å². The number of carbonyl (C=O) groups excluding carboxylic acids is 2. The fourth-order valence-electron chi connectivity index (χ4n) is 2.09. The zero-order valence-electron chi connectivity index (χ0n) is 12.9.